The highest BCUT2D eigenvalue weighted by atomic mass is 32.2. The Morgan fingerprint density at radius 1 is 1.33 bits per heavy atom. The standard InChI is InChI=1S/C22H29NO3S/c1-3-25-21(24)13-15-5-9-20-19-7-4-14-12-16(26-27-23)6-8-17(14)18(19)10-11-22(15,20)2/h6,8,12-13,18-20H,3-5,7,9-11,23H2,1-2H3/b15-13+. The first-order valence-electron chi connectivity index (χ1n) is 10.1. The van der Waals surface area contributed by atoms with E-state index in [1.165, 1.54) is 36.0 Å². The molecule has 27 heavy (non-hydrogen) atoms. The van der Waals surface area contributed by atoms with Crippen LogP contribution in [-0.4, -0.2) is 12.6 Å². The van der Waals surface area contributed by atoms with E-state index in [0.29, 0.717) is 24.4 Å². The number of ether oxygens (including phenoxy) is 1. The number of rotatable bonds is 4. The Kier molecular flexibility index (Phi) is 5.26. The van der Waals surface area contributed by atoms with Crippen LogP contribution < -0.4 is 9.32 Å². The maximum absolute atomic E-state index is 12.0. The molecule has 0 radical (unpaired) electrons. The summed E-state index contributed by atoms with van der Waals surface area (Å²) in [6.45, 7) is 4.69. The van der Waals surface area contributed by atoms with Crippen molar-refractivity contribution in [3.8, 4) is 5.75 Å². The van der Waals surface area contributed by atoms with Crippen molar-refractivity contribution in [1.82, 2.24) is 0 Å². The largest absolute Gasteiger partial charge is 0.463 e. The van der Waals surface area contributed by atoms with Gasteiger partial charge >= 0.3 is 5.97 Å². The van der Waals surface area contributed by atoms with E-state index < -0.39 is 0 Å². The molecule has 4 unspecified atom stereocenters. The maximum Gasteiger partial charge on any atom is 0.330 e. The molecule has 0 heterocycles. The predicted octanol–water partition coefficient (Wildman–Crippen LogP) is 4.93. The van der Waals surface area contributed by atoms with E-state index in [0.717, 1.165) is 37.2 Å². The van der Waals surface area contributed by atoms with Crippen molar-refractivity contribution in [3.63, 3.8) is 0 Å². The molecule has 0 saturated heterocycles. The molecule has 2 fully saturated rings. The van der Waals surface area contributed by atoms with E-state index in [9.17, 15) is 4.79 Å². The second kappa shape index (κ2) is 7.51. The first kappa shape index (κ1) is 18.9. The summed E-state index contributed by atoms with van der Waals surface area (Å²) in [6, 6.07) is 6.47. The summed E-state index contributed by atoms with van der Waals surface area (Å²) in [5.74, 6) is 2.69. The third-order valence-electron chi connectivity index (χ3n) is 7.27. The summed E-state index contributed by atoms with van der Waals surface area (Å²) >= 11 is 0.905. The average molecular weight is 388 g/mol. The molecule has 1 aromatic carbocycles. The molecule has 3 aliphatic carbocycles. The zero-order valence-electron chi connectivity index (χ0n) is 16.2. The predicted molar refractivity (Wildman–Crippen MR) is 108 cm³/mol. The van der Waals surface area contributed by atoms with E-state index in [4.69, 9.17) is 14.1 Å². The third kappa shape index (κ3) is 3.29. The van der Waals surface area contributed by atoms with Gasteiger partial charge in [0.15, 0.2) is 0 Å². The molecule has 1 aromatic rings. The molecule has 0 amide bonds. The average Bonchev–Trinajstić information content (AvgIpc) is 2.98. The molecule has 2 saturated carbocycles. The van der Waals surface area contributed by atoms with Crippen LogP contribution in [0.4, 0.5) is 0 Å². The molecule has 4 rings (SSSR count). The Morgan fingerprint density at radius 2 is 2.19 bits per heavy atom. The first-order chi connectivity index (χ1) is 13.1. The molecule has 0 bridgehead atoms. The van der Waals surface area contributed by atoms with Crippen molar-refractivity contribution < 1.29 is 13.7 Å². The number of hydrogen-bond acceptors (Lipinski definition) is 5. The third-order valence-corrected chi connectivity index (χ3v) is 7.56. The van der Waals surface area contributed by atoms with Crippen molar-refractivity contribution >= 4 is 18.2 Å². The Balaban J connectivity index is 1.58. The molecular weight excluding hydrogens is 358 g/mol. The van der Waals surface area contributed by atoms with Gasteiger partial charge in [0, 0.05) is 6.08 Å². The van der Waals surface area contributed by atoms with Gasteiger partial charge < -0.3 is 8.92 Å². The highest BCUT2D eigenvalue weighted by Gasteiger charge is 2.52. The zero-order chi connectivity index (χ0) is 19.0. The lowest BCUT2D eigenvalue weighted by Crippen LogP contribution is -2.40. The molecule has 5 heteroatoms. The van der Waals surface area contributed by atoms with Crippen molar-refractivity contribution in [2.45, 2.75) is 58.3 Å². The summed E-state index contributed by atoms with van der Waals surface area (Å²) in [4.78, 5) is 12.0. The maximum atomic E-state index is 12.0. The molecule has 146 valence electrons. The lowest BCUT2D eigenvalue weighted by atomic mass is 9.55. The topological polar surface area (TPSA) is 61.5 Å². The minimum Gasteiger partial charge on any atom is -0.463 e. The molecule has 0 spiro atoms. The van der Waals surface area contributed by atoms with Crippen LogP contribution in [0.2, 0.25) is 0 Å². The Hall–Kier alpha value is -1.46. The molecule has 0 aromatic heterocycles. The summed E-state index contributed by atoms with van der Waals surface area (Å²) in [5.41, 5.74) is 4.40. The summed E-state index contributed by atoms with van der Waals surface area (Å²) < 4.78 is 10.6. The monoisotopic (exact) mass is 387 g/mol. The van der Waals surface area contributed by atoms with Gasteiger partial charge in [0.2, 0.25) is 0 Å². The number of benzene rings is 1. The van der Waals surface area contributed by atoms with Gasteiger partial charge in [-0.1, -0.05) is 18.6 Å². The van der Waals surface area contributed by atoms with E-state index in [-0.39, 0.29) is 11.4 Å². The summed E-state index contributed by atoms with van der Waals surface area (Å²) in [6.07, 6.45) is 8.71. The first-order valence-corrected chi connectivity index (χ1v) is 10.9. The van der Waals surface area contributed by atoms with Gasteiger partial charge in [-0.15, -0.1) is 0 Å². The van der Waals surface area contributed by atoms with Crippen LogP contribution in [0.25, 0.3) is 0 Å². The van der Waals surface area contributed by atoms with Crippen molar-refractivity contribution in [1.29, 1.82) is 0 Å². The number of carbonyl (C=O) groups is 1. The van der Waals surface area contributed by atoms with Crippen LogP contribution in [-0.2, 0) is 16.0 Å². The lowest BCUT2D eigenvalue weighted by molar-refractivity contribution is -0.137. The zero-order valence-corrected chi connectivity index (χ0v) is 17.0. The minimum atomic E-state index is -0.171. The minimum absolute atomic E-state index is 0.157. The smallest absolute Gasteiger partial charge is 0.330 e. The fourth-order valence-electron chi connectivity index (χ4n) is 6.08. The second-order valence-electron chi connectivity index (χ2n) is 8.37. The van der Waals surface area contributed by atoms with E-state index >= 15 is 0 Å². The number of allylic oxidation sites excluding steroid dienone is 1. The van der Waals surface area contributed by atoms with Gasteiger partial charge in [-0.25, -0.2) is 9.93 Å². The number of nitrogens with two attached hydrogens (primary N) is 1. The van der Waals surface area contributed by atoms with E-state index in [2.05, 4.69) is 25.1 Å². The van der Waals surface area contributed by atoms with Crippen LogP contribution in [0.5, 0.6) is 5.75 Å². The van der Waals surface area contributed by atoms with Gasteiger partial charge in [0.1, 0.15) is 18.0 Å². The Bertz CT molecular complexity index is 762. The van der Waals surface area contributed by atoms with Crippen LogP contribution in [0.3, 0.4) is 0 Å². The highest BCUT2D eigenvalue weighted by Crippen LogP contribution is 2.62. The second-order valence-corrected chi connectivity index (χ2v) is 8.73. The van der Waals surface area contributed by atoms with Crippen molar-refractivity contribution in [3.05, 3.63) is 41.0 Å². The molecule has 2 N–H and O–H groups in total. The molecule has 4 nitrogen and oxygen atoms in total. The normalized spacial score (nSPS) is 33.1. The number of aryl methyl sites for hydroxylation is 1. The van der Waals surface area contributed by atoms with Crippen LogP contribution in [0.1, 0.15) is 63.0 Å². The van der Waals surface area contributed by atoms with Crippen molar-refractivity contribution in [2.75, 3.05) is 6.61 Å². The van der Waals surface area contributed by atoms with Gasteiger partial charge in [-0.05, 0) is 91.9 Å². The lowest BCUT2D eigenvalue weighted by Gasteiger charge is -2.49. The number of hydrogen-bond donors (Lipinski definition) is 1. The quantitative estimate of drug-likeness (QED) is 0.343. The fraction of sp³-hybridized carbons (Fsp3) is 0.591. The van der Waals surface area contributed by atoms with Crippen LogP contribution in [0.15, 0.2) is 29.8 Å². The molecule has 3 aliphatic rings. The molecular formula is C22H29NO3S. The van der Waals surface area contributed by atoms with E-state index in [1.54, 1.807) is 6.08 Å². The highest BCUT2D eigenvalue weighted by molar-refractivity contribution is 7.92. The van der Waals surface area contributed by atoms with Gasteiger partial charge in [0.05, 0.1) is 6.61 Å². The molecule has 4 atom stereocenters. The van der Waals surface area contributed by atoms with E-state index in [1.807, 2.05) is 6.92 Å². The SMILES string of the molecule is CCOC(=O)/C=C1\CCC2C3CCc4cc(OSN)ccc4C3CCC12C. The van der Waals surface area contributed by atoms with Gasteiger partial charge in [-0.2, -0.15) is 0 Å². The number of carbonyl (C=O) groups excluding carboxylic acids is 1. The number of esters is 1. The Labute approximate surface area is 166 Å². The Morgan fingerprint density at radius 3 is 2.96 bits per heavy atom. The summed E-state index contributed by atoms with van der Waals surface area (Å²) in [5, 5.41) is 5.44. The van der Waals surface area contributed by atoms with Gasteiger partial charge in [0.25, 0.3) is 0 Å². The molecule has 0 aliphatic heterocycles. The fourth-order valence-corrected chi connectivity index (χ4v) is 6.29. The van der Waals surface area contributed by atoms with Crippen LogP contribution >= 0.6 is 12.2 Å². The van der Waals surface area contributed by atoms with Crippen molar-refractivity contribution in [2.24, 2.45) is 22.4 Å². The summed E-state index contributed by atoms with van der Waals surface area (Å²) in [7, 11) is 0. The van der Waals surface area contributed by atoms with Crippen LogP contribution in [0, 0.1) is 17.3 Å². The van der Waals surface area contributed by atoms with Gasteiger partial charge in [-0.3, -0.25) is 0 Å². The number of fused-ring (bicyclic) bond motifs is 5.